The summed E-state index contributed by atoms with van der Waals surface area (Å²) in [7, 11) is 0. The minimum absolute atomic E-state index is 0.0228. The Bertz CT molecular complexity index is 1510. The van der Waals surface area contributed by atoms with E-state index >= 15 is 0 Å². The van der Waals surface area contributed by atoms with E-state index in [1.165, 1.54) is 100 Å². The van der Waals surface area contributed by atoms with E-state index in [2.05, 4.69) is 22.8 Å². The van der Waals surface area contributed by atoms with Gasteiger partial charge >= 0.3 is 11.9 Å². The third-order valence-electron chi connectivity index (χ3n) is 7.40. The van der Waals surface area contributed by atoms with E-state index < -0.39 is 17.8 Å². The Morgan fingerprint density at radius 3 is 1.75 bits per heavy atom. The molecule has 3 aromatic carbocycles. The number of nitrogens with one attached hydrogen (secondary N) is 2. The first-order chi connectivity index (χ1) is 23.2. The molecular weight excluding hydrogens is 653 g/mol. The van der Waals surface area contributed by atoms with Gasteiger partial charge in [0.1, 0.15) is 11.5 Å². The van der Waals surface area contributed by atoms with Gasteiger partial charge in [-0.25, -0.2) is 15.0 Å². The maximum Gasteiger partial charge on any atom is 0.343 e. The van der Waals surface area contributed by atoms with Gasteiger partial charge in [0.15, 0.2) is 0 Å². The van der Waals surface area contributed by atoms with Gasteiger partial charge in [0, 0.05) is 28.1 Å². The number of hydrazone groups is 1. The van der Waals surface area contributed by atoms with Crippen LogP contribution in [0.1, 0.15) is 110 Å². The molecular formula is C37H43Cl2N3O6. The molecule has 0 atom stereocenters. The van der Waals surface area contributed by atoms with Crippen LogP contribution in [0.3, 0.4) is 0 Å². The number of carbonyl (C=O) groups is 4. The molecule has 3 aromatic rings. The van der Waals surface area contributed by atoms with E-state index in [9.17, 15) is 19.2 Å². The van der Waals surface area contributed by atoms with Crippen molar-refractivity contribution in [1.29, 1.82) is 0 Å². The van der Waals surface area contributed by atoms with Gasteiger partial charge in [0.2, 0.25) is 5.91 Å². The summed E-state index contributed by atoms with van der Waals surface area (Å²) in [6, 6.07) is 16.7. The highest BCUT2D eigenvalue weighted by molar-refractivity contribution is 6.31. The topological polar surface area (TPSA) is 123 Å². The highest BCUT2D eigenvalue weighted by Crippen LogP contribution is 2.26. The maximum atomic E-state index is 12.8. The third kappa shape index (κ3) is 14.7. The molecule has 0 radical (unpaired) electrons. The fourth-order valence-electron chi connectivity index (χ4n) is 4.70. The normalized spacial score (nSPS) is 10.9. The lowest BCUT2D eigenvalue weighted by Gasteiger charge is -2.11. The molecule has 11 heteroatoms. The van der Waals surface area contributed by atoms with E-state index in [0.29, 0.717) is 22.0 Å². The molecule has 0 heterocycles. The van der Waals surface area contributed by atoms with Crippen LogP contribution < -0.4 is 20.2 Å². The zero-order valence-electron chi connectivity index (χ0n) is 27.3. The van der Waals surface area contributed by atoms with Gasteiger partial charge in [0.05, 0.1) is 23.9 Å². The largest absolute Gasteiger partial charge is 0.423 e. The summed E-state index contributed by atoms with van der Waals surface area (Å²) in [5.41, 5.74) is 3.18. The summed E-state index contributed by atoms with van der Waals surface area (Å²) in [6.07, 6.45) is 14.8. The Morgan fingerprint density at radius 2 is 1.19 bits per heavy atom. The average molecular weight is 697 g/mol. The Morgan fingerprint density at radius 1 is 0.667 bits per heavy atom. The van der Waals surface area contributed by atoms with Crippen LogP contribution in [-0.4, -0.2) is 36.5 Å². The zero-order valence-corrected chi connectivity index (χ0v) is 28.8. The number of esters is 2. The summed E-state index contributed by atoms with van der Waals surface area (Å²) < 4.78 is 11.1. The van der Waals surface area contributed by atoms with Gasteiger partial charge in [-0.2, -0.15) is 5.10 Å². The Labute approximate surface area is 292 Å². The summed E-state index contributed by atoms with van der Waals surface area (Å²) in [5.74, 6) is -1.91. The van der Waals surface area contributed by atoms with E-state index in [1.807, 2.05) is 0 Å². The number of ether oxygens (including phenoxy) is 2. The second-order valence-corrected chi connectivity index (χ2v) is 12.2. The lowest BCUT2D eigenvalue weighted by Crippen LogP contribution is -2.34. The maximum absolute atomic E-state index is 12.8. The number of hydrogen-bond donors (Lipinski definition) is 2. The molecule has 2 N–H and O–H groups in total. The monoisotopic (exact) mass is 695 g/mol. The minimum Gasteiger partial charge on any atom is -0.423 e. The van der Waals surface area contributed by atoms with Crippen molar-refractivity contribution in [3.63, 3.8) is 0 Å². The average Bonchev–Trinajstić information content (AvgIpc) is 3.07. The van der Waals surface area contributed by atoms with Crippen molar-refractivity contribution >= 4 is 53.2 Å². The molecule has 48 heavy (non-hydrogen) atoms. The van der Waals surface area contributed by atoms with Crippen molar-refractivity contribution in [2.45, 2.75) is 84.0 Å². The Hall–Kier alpha value is -4.21. The molecule has 0 unspecified atom stereocenters. The molecule has 9 nitrogen and oxygen atoms in total. The highest BCUT2D eigenvalue weighted by atomic mass is 35.5. The summed E-state index contributed by atoms with van der Waals surface area (Å²) in [5, 5.41) is 7.48. The van der Waals surface area contributed by atoms with Crippen LogP contribution in [0.15, 0.2) is 71.8 Å². The van der Waals surface area contributed by atoms with Gasteiger partial charge in [0.25, 0.3) is 5.91 Å². The second kappa shape index (κ2) is 21.6. The van der Waals surface area contributed by atoms with Crippen LogP contribution in [0.25, 0.3) is 0 Å². The number of rotatable bonds is 20. The molecule has 0 aromatic heterocycles. The molecule has 0 aliphatic rings. The van der Waals surface area contributed by atoms with Gasteiger partial charge in [-0.1, -0.05) is 94.3 Å². The molecule has 0 fully saturated rings. The zero-order chi connectivity index (χ0) is 34.6. The van der Waals surface area contributed by atoms with Crippen molar-refractivity contribution in [1.82, 2.24) is 10.7 Å². The standard InChI is InChI=1S/C37H43Cl2N3O6/c1-2-3-4-5-6-7-8-9-10-11-12-13-34(43)40-26-35(44)42-41-25-29-18-23-32(47-36(45)27-14-19-30(38)20-15-27)24-33(29)48-37(46)28-16-21-31(39)22-17-28/h14-25H,2-13,26H2,1H3,(H,40,43)(H,42,44). The van der Waals surface area contributed by atoms with Crippen molar-refractivity contribution in [3.05, 3.63) is 93.5 Å². The summed E-state index contributed by atoms with van der Waals surface area (Å²) in [4.78, 5) is 49.9. The molecule has 0 aliphatic carbocycles. The number of benzene rings is 3. The SMILES string of the molecule is CCCCCCCCCCCCCC(=O)NCC(=O)NN=Cc1ccc(OC(=O)c2ccc(Cl)cc2)cc1OC(=O)c1ccc(Cl)cc1. The smallest absolute Gasteiger partial charge is 0.343 e. The highest BCUT2D eigenvalue weighted by Gasteiger charge is 2.15. The minimum atomic E-state index is -0.688. The third-order valence-corrected chi connectivity index (χ3v) is 7.91. The lowest BCUT2D eigenvalue weighted by molar-refractivity contribution is -0.126. The number of hydrogen-bond acceptors (Lipinski definition) is 7. The van der Waals surface area contributed by atoms with E-state index in [0.717, 1.165) is 19.3 Å². The molecule has 0 aliphatic heterocycles. The molecule has 0 saturated carbocycles. The summed E-state index contributed by atoms with van der Waals surface area (Å²) in [6.45, 7) is 2.00. The van der Waals surface area contributed by atoms with Gasteiger partial charge in [-0.3, -0.25) is 9.59 Å². The van der Waals surface area contributed by atoms with Gasteiger partial charge in [-0.05, 0) is 67.1 Å². The van der Waals surface area contributed by atoms with Gasteiger partial charge < -0.3 is 14.8 Å². The van der Waals surface area contributed by atoms with Crippen LogP contribution in [0.2, 0.25) is 10.0 Å². The fraction of sp³-hybridized carbons (Fsp3) is 0.378. The molecule has 256 valence electrons. The van der Waals surface area contributed by atoms with Crippen LogP contribution in [0.5, 0.6) is 11.5 Å². The first-order valence-corrected chi connectivity index (χ1v) is 17.2. The van der Waals surface area contributed by atoms with Crippen molar-refractivity contribution in [2.24, 2.45) is 5.10 Å². The number of nitrogens with zero attached hydrogens (tertiary/aromatic N) is 1. The van der Waals surface area contributed by atoms with E-state index in [1.54, 1.807) is 24.3 Å². The van der Waals surface area contributed by atoms with E-state index in [-0.39, 0.29) is 35.1 Å². The van der Waals surface area contributed by atoms with Crippen LogP contribution in [0, 0.1) is 0 Å². The molecule has 0 bridgehead atoms. The van der Waals surface area contributed by atoms with Crippen LogP contribution >= 0.6 is 23.2 Å². The van der Waals surface area contributed by atoms with Crippen molar-refractivity contribution < 1.29 is 28.7 Å². The van der Waals surface area contributed by atoms with Gasteiger partial charge in [-0.15, -0.1) is 0 Å². The van der Waals surface area contributed by atoms with Crippen molar-refractivity contribution in [3.8, 4) is 11.5 Å². The second-order valence-electron chi connectivity index (χ2n) is 11.3. The molecule has 0 spiro atoms. The molecule has 2 amide bonds. The van der Waals surface area contributed by atoms with E-state index in [4.69, 9.17) is 32.7 Å². The lowest BCUT2D eigenvalue weighted by atomic mass is 10.1. The number of unbranched alkanes of at least 4 members (excludes halogenated alkanes) is 10. The number of halogens is 2. The van der Waals surface area contributed by atoms with Crippen LogP contribution in [0.4, 0.5) is 0 Å². The number of carbonyl (C=O) groups excluding carboxylic acids is 4. The number of amides is 2. The quantitative estimate of drug-likeness (QED) is 0.0401. The first-order valence-electron chi connectivity index (χ1n) is 16.4. The van der Waals surface area contributed by atoms with Crippen LogP contribution in [-0.2, 0) is 9.59 Å². The predicted molar refractivity (Wildman–Crippen MR) is 189 cm³/mol. The summed E-state index contributed by atoms with van der Waals surface area (Å²) >= 11 is 11.8. The van der Waals surface area contributed by atoms with Crippen molar-refractivity contribution in [2.75, 3.05) is 6.54 Å². The predicted octanol–water partition coefficient (Wildman–Crippen LogP) is 8.70. The molecule has 3 rings (SSSR count). The first kappa shape index (κ1) is 38.2. The Kier molecular flexibility index (Phi) is 17.2. The fourth-order valence-corrected chi connectivity index (χ4v) is 4.95. The Balaban J connectivity index is 1.48. The molecule has 0 saturated heterocycles.